The summed E-state index contributed by atoms with van der Waals surface area (Å²) in [5.41, 5.74) is 0. The van der Waals surface area contributed by atoms with Crippen LogP contribution in [0.1, 0.15) is 26.7 Å². The highest BCUT2D eigenvalue weighted by atomic mass is 16.5. The SMILES string of the molecule is CCN(C(=O)C1CCCNC1)C(C)COC. The van der Waals surface area contributed by atoms with Crippen LogP contribution in [0.5, 0.6) is 0 Å². The molecule has 0 saturated carbocycles. The molecule has 0 aromatic carbocycles. The number of nitrogens with one attached hydrogen (secondary N) is 1. The summed E-state index contributed by atoms with van der Waals surface area (Å²) in [6, 6.07) is 0.171. The van der Waals surface area contributed by atoms with Gasteiger partial charge in [0.2, 0.25) is 5.91 Å². The Morgan fingerprint density at radius 2 is 2.38 bits per heavy atom. The molecule has 1 aliphatic rings. The third-order valence-electron chi connectivity index (χ3n) is 3.21. The second kappa shape index (κ2) is 6.86. The highest BCUT2D eigenvalue weighted by molar-refractivity contribution is 5.79. The molecule has 1 N–H and O–H groups in total. The normalized spacial score (nSPS) is 22.8. The predicted octanol–water partition coefficient (Wildman–Crippen LogP) is 0.869. The largest absolute Gasteiger partial charge is 0.383 e. The number of carbonyl (C=O) groups is 1. The molecule has 4 heteroatoms. The first-order valence-electron chi connectivity index (χ1n) is 6.20. The van der Waals surface area contributed by atoms with Crippen LogP contribution in [0.3, 0.4) is 0 Å². The monoisotopic (exact) mass is 228 g/mol. The Kier molecular flexibility index (Phi) is 5.77. The maximum atomic E-state index is 12.3. The number of hydrogen-bond acceptors (Lipinski definition) is 3. The Morgan fingerprint density at radius 1 is 1.62 bits per heavy atom. The van der Waals surface area contributed by atoms with Gasteiger partial charge in [-0.2, -0.15) is 0 Å². The topological polar surface area (TPSA) is 41.6 Å². The number of rotatable bonds is 5. The van der Waals surface area contributed by atoms with E-state index in [2.05, 4.69) is 5.32 Å². The summed E-state index contributed by atoms with van der Waals surface area (Å²) in [5, 5.41) is 3.29. The summed E-state index contributed by atoms with van der Waals surface area (Å²) in [6.07, 6.45) is 2.12. The van der Waals surface area contributed by atoms with Crippen LogP contribution in [0.2, 0.25) is 0 Å². The predicted molar refractivity (Wildman–Crippen MR) is 64.3 cm³/mol. The summed E-state index contributed by atoms with van der Waals surface area (Å²) in [4.78, 5) is 14.2. The van der Waals surface area contributed by atoms with Gasteiger partial charge in [0.15, 0.2) is 0 Å². The molecule has 0 bridgehead atoms. The molecule has 0 spiro atoms. The van der Waals surface area contributed by atoms with Crippen molar-refractivity contribution in [3.63, 3.8) is 0 Å². The van der Waals surface area contributed by atoms with Gasteiger partial charge in [-0.25, -0.2) is 0 Å². The van der Waals surface area contributed by atoms with Gasteiger partial charge in [0.25, 0.3) is 0 Å². The molecule has 0 aromatic rings. The van der Waals surface area contributed by atoms with Crippen molar-refractivity contribution in [1.29, 1.82) is 0 Å². The Morgan fingerprint density at radius 3 is 2.88 bits per heavy atom. The standard InChI is InChI=1S/C12H24N2O2/c1-4-14(10(2)9-16-3)12(15)11-6-5-7-13-8-11/h10-11,13H,4-9H2,1-3H3. The van der Waals surface area contributed by atoms with Gasteiger partial charge in [0.1, 0.15) is 0 Å². The molecular formula is C12H24N2O2. The molecule has 0 aliphatic carbocycles. The summed E-state index contributed by atoms with van der Waals surface area (Å²) < 4.78 is 5.11. The first-order chi connectivity index (χ1) is 7.70. The number of likely N-dealkylation sites (N-methyl/N-ethyl adjacent to an activating group) is 1. The van der Waals surface area contributed by atoms with Gasteiger partial charge in [-0.1, -0.05) is 0 Å². The molecule has 2 atom stereocenters. The van der Waals surface area contributed by atoms with Gasteiger partial charge in [0, 0.05) is 20.2 Å². The number of ether oxygens (including phenoxy) is 1. The molecule has 1 heterocycles. The van der Waals surface area contributed by atoms with Gasteiger partial charge in [-0.15, -0.1) is 0 Å². The van der Waals surface area contributed by atoms with E-state index in [0.29, 0.717) is 6.61 Å². The van der Waals surface area contributed by atoms with E-state index in [1.807, 2.05) is 18.7 Å². The van der Waals surface area contributed by atoms with Gasteiger partial charge < -0.3 is 15.0 Å². The molecular weight excluding hydrogens is 204 g/mol. The Labute approximate surface area is 98.3 Å². The van der Waals surface area contributed by atoms with Crippen LogP contribution >= 0.6 is 0 Å². The fourth-order valence-electron chi connectivity index (χ4n) is 2.31. The second-order valence-electron chi connectivity index (χ2n) is 4.47. The van der Waals surface area contributed by atoms with Crippen molar-refractivity contribution in [2.75, 3.05) is 33.4 Å². The van der Waals surface area contributed by atoms with Crippen molar-refractivity contribution in [1.82, 2.24) is 10.2 Å². The van der Waals surface area contributed by atoms with Gasteiger partial charge in [-0.05, 0) is 33.2 Å². The lowest BCUT2D eigenvalue weighted by atomic mass is 9.97. The molecule has 1 rings (SSSR count). The minimum atomic E-state index is 0.160. The van der Waals surface area contributed by atoms with E-state index in [1.165, 1.54) is 0 Å². The van der Waals surface area contributed by atoms with E-state index >= 15 is 0 Å². The molecule has 0 aromatic heterocycles. The van der Waals surface area contributed by atoms with Gasteiger partial charge >= 0.3 is 0 Å². The van der Waals surface area contributed by atoms with E-state index < -0.39 is 0 Å². The summed E-state index contributed by atoms with van der Waals surface area (Å²) in [5.74, 6) is 0.437. The fraction of sp³-hybridized carbons (Fsp3) is 0.917. The van der Waals surface area contributed by atoms with Crippen LogP contribution in [0.15, 0.2) is 0 Å². The van der Waals surface area contributed by atoms with Crippen LogP contribution in [0.4, 0.5) is 0 Å². The molecule has 0 radical (unpaired) electrons. The lowest BCUT2D eigenvalue weighted by Gasteiger charge is -2.32. The van der Waals surface area contributed by atoms with Crippen molar-refractivity contribution in [2.45, 2.75) is 32.7 Å². The second-order valence-corrected chi connectivity index (χ2v) is 4.47. The third kappa shape index (κ3) is 3.46. The van der Waals surface area contributed by atoms with Crippen molar-refractivity contribution in [3.8, 4) is 0 Å². The fourth-order valence-corrected chi connectivity index (χ4v) is 2.31. The molecule has 2 unspecified atom stereocenters. The van der Waals surface area contributed by atoms with Crippen LogP contribution in [-0.2, 0) is 9.53 Å². The first-order valence-corrected chi connectivity index (χ1v) is 6.20. The molecule has 1 amide bonds. The van der Waals surface area contributed by atoms with Crippen molar-refractivity contribution in [3.05, 3.63) is 0 Å². The lowest BCUT2D eigenvalue weighted by Crippen LogP contribution is -2.47. The molecule has 94 valence electrons. The van der Waals surface area contributed by atoms with E-state index in [4.69, 9.17) is 4.74 Å². The Hall–Kier alpha value is -0.610. The van der Waals surface area contributed by atoms with E-state index in [1.54, 1.807) is 7.11 Å². The van der Waals surface area contributed by atoms with Crippen LogP contribution < -0.4 is 5.32 Å². The summed E-state index contributed by atoms with van der Waals surface area (Å²) in [7, 11) is 1.68. The summed E-state index contributed by atoms with van der Waals surface area (Å²) >= 11 is 0. The van der Waals surface area contributed by atoms with Crippen molar-refractivity contribution in [2.24, 2.45) is 5.92 Å². The molecule has 16 heavy (non-hydrogen) atoms. The Balaban J connectivity index is 2.53. The number of piperidine rings is 1. The quantitative estimate of drug-likeness (QED) is 0.759. The van der Waals surface area contributed by atoms with Crippen LogP contribution in [0, 0.1) is 5.92 Å². The lowest BCUT2D eigenvalue weighted by molar-refractivity contribution is -0.138. The average Bonchev–Trinajstić information content (AvgIpc) is 2.31. The van der Waals surface area contributed by atoms with Crippen molar-refractivity contribution < 1.29 is 9.53 Å². The average molecular weight is 228 g/mol. The zero-order valence-corrected chi connectivity index (χ0v) is 10.7. The smallest absolute Gasteiger partial charge is 0.227 e. The number of carbonyl (C=O) groups excluding carboxylic acids is 1. The molecule has 4 nitrogen and oxygen atoms in total. The van der Waals surface area contributed by atoms with E-state index in [0.717, 1.165) is 32.5 Å². The van der Waals surface area contributed by atoms with Gasteiger partial charge in [-0.3, -0.25) is 4.79 Å². The zero-order chi connectivity index (χ0) is 12.0. The van der Waals surface area contributed by atoms with Crippen molar-refractivity contribution >= 4 is 5.91 Å². The minimum Gasteiger partial charge on any atom is -0.383 e. The highest BCUT2D eigenvalue weighted by Crippen LogP contribution is 2.15. The molecule has 1 fully saturated rings. The van der Waals surface area contributed by atoms with E-state index in [-0.39, 0.29) is 17.9 Å². The maximum Gasteiger partial charge on any atom is 0.227 e. The third-order valence-corrected chi connectivity index (χ3v) is 3.21. The van der Waals surface area contributed by atoms with E-state index in [9.17, 15) is 4.79 Å². The zero-order valence-electron chi connectivity index (χ0n) is 10.7. The van der Waals surface area contributed by atoms with Crippen LogP contribution in [-0.4, -0.2) is 50.2 Å². The maximum absolute atomic E-state index is 12.3. The van der Waals surface area contributed by atoms with Gasteiger partial charge in [0.05, 0.1) is 18.6 Å². The highest BCUT2D eigenvalue weighted by Gasteiger charge is 2.27. The first kappa shape index (κ1) is 13.5. The molecule has 1 saturated heterocycles. The number of hydrogen-bond donors (Lipinski definition) is 1. The minimum absolute atomic E-state index is 0.160. The number of methoxy groups -OCH3 is 1. The summed E-state index contributed by atoms with van der Waals surface area (Å²) in [6.45, 7) is 7.32. The molecule has 1 aliphatic heterocycles. The van der Waals surface area contributed by atoms with Crippen LogP contribution in [0.25, 0.3) is 0 Å². The Bertz CT molecular complexity index is 215. The number of amides is 1. The number of nitrogens with zero attached hydrogens (tertiary/aromatic N) is 1.